The van der Waals surface area contributed by atoms with Crippen molar-refractivity contribution in [2.24, 2.45) is 0 Å². The minimum Gasteiger partial charge on any atom is -0.444 e. The van der Waals surface area contributed by atoms with Crippen molar-refractivity contribution in [2.45, 2.75) is 64.5 Å². The molecular formula is C21H30N4O4. The predicted octanol–water partition coefficient (Wildman–Crippen LogP) is 2.22. The molecule has 158 valence electrons. The molecule has 0 aromatic carbocycles. The molecule has 8 nitrogen and oxygen atoms in total. The highest BCUT2D eigenvalue weighted by Gasteiger charge is 2.40. The van der Waals surface area contributed by atoms with E-state index in [2.05, 4.69) is 15.2 Å². The van der Waals surface area contributed by atoms with Crippen molar-refractivity contribution in [3.8, 4) is 0 Å². The smallest absolute Gasteiger partial charge is 0.410 e. The van der Waals surface area contributed by atoms with E-state index in [4.69, 9.17) is 4.74 Å². The van der Waals surface area contributed by atoms with Crippen LogP contribution in [0.1, 0.15) is 53.0 Å². The van der Waals surface area contributed by atoms with Gasteiger partial charge in [0.15, 0.2) is 0 Å². The third kappa shape index (κ3) is 4.52. The van der Waals surface area contributed by atoms with Gasteiger partial charge in [-0.05, 0) is 52.7 Å². The highest BCUT2D eigenvalue weighted by molar-refractivity contribution is 6.03. The van der Waals surface area contributed by atoms with E-state index in [1.807, 2.05) is 46.8 Å². The molecule has 2 aliphatic heterocycles. The SMILES string of the molecule is C[C@@H]1CN(c2ccc([C@]3(C)CCC(=O)NC3=O)cn2)CCN1C(=O)OC(C)(C)C. The zero-order valence-electron chi connectivity index (χ0n) is 17.8. The number of carbonyl (C=O) groups is 3. The number of ether oxygens (including phenoxy) is 1. The van der Waals surface area contributed by atoms with Gasteiger partial charge in [-0.1, -0.05) is 6.07 Å². The van der Waals surface area contributed by atoms with Gasteiger partial charge in [-0.25, -0.2) is 9.78 Å². The molecule has 2 fully saturated rings. The molecule has 0 spiro atoms. The van der Waals surface area contributed by atoms with Crippen LogP contribution in [0.5, 0.6) is 0 Å². The summed E-state index contributed by atoms with van der Waals surface area (Å²) in [6, 6.07) is 3.80. The van der Waals surface area contributed by atoms with Crippen LogP contribution in [-0.4, -0.2) is 59.1 Å². The average Bonchev–Trinajstić information content (AvgIpc) is 2.63. The van der Waals surface area contributed by atoms with E-state index in [-0.39, 0.29) is 23.9 Å². The second kappa shape index (κ2) is 7.65. The van der Waals surface area contributed by atoms with Crippen molar-refractivity contribution < 1.29 is 19.1 Å². The van der Waals surface area contributed by atoms with Crippen molar-refractivity contribution in [3.63, 3.8) is 0 Å². The average molecular weight is 402 g/mol. The first-order chi connectivity index (χ1) is 13.5. The van der Waals surface area contributed by atoms with Crippen LogP contribution >= 0.6 is 0 Å². The largest absolute Gasteiger partial charge is 0.444 e. The Morgan fingerprint density at radius 2 is 2.00 bits per heavy atom. The van der Waals surface area contributed by atoms with Crippen LogP contribution < -0.4 is 10.2 Å². The topological polar surface area (TPSA) is 91.8 Å². The zero-order chi connectivity index (χ0) is 21.4. The molecule has 2 atom stereocenters. The number of imide groups is 1. The number of rotatable bonds is 2. The summed E-state index contributed by atoms with van der Waals surface area (Å²) in [6.45, 7) is 11.3. The highest BCUT2D eigenvalue weighted by atomic mass is 16.6. The molecule has 3 rings (SSSR count). The van der Waals surface area contributed by atoms with E-state index in [0.29, 0.717) is 32.5 Å². The fourth-order valence-electron chi connectivity index (χ4n) is 3.74. The fourth-order valence-corrected chi connectivity index (χ4v) is 3.74. The molecule has 0 radical (unpaired) electrons. The van der Waals surface area contributed by atoms with Gasteiger partial charge >= 0.3 is 6.09 Å². The van der Waals surface area contributed by atoms with E-state index >= 15 is 0 Å². The lowest BCUT2D eigenvalue weighted by Crippen LogP contribution is -2.55. The number of amides is 3. The first kappa shape index (κ1) is 21.1. The molecule has 29 heavy (non-hydrogen) atoms. The first-order valence-corrected chi connectivity index (χ1v) is 10.0. The van der Waals surface area contributed by atoms with Crippen LogP contribution in [0.25, 0.3) is 0 Å². The monoisotopic (exact) mass is 402 g/mol. The van der Waals surface area contributed by atoms with Gasteiger partial charge in [0.2, 0.25) is 11.8 Å². The van der Waals surface area contributed by atoms with Gasteiger partial charge < -0.3 is 14.5 Å². The van der Waals surface area contributed by atoms with Gasteiger partial charge in [0.05, 0.1) is 5.41 Å². The number of piperazine rings is 1. The summed E-state index contributed by atoms with van der Waals surface area (Å²) in [5.41, 5.74) is -0.466. The second-order valence-electron chi connectivity index (χ2n) is 9.08. The number of nitrogens with one attached hydrogen (secondary N) is 1. The third-order valence-corrected chi connectivity index (χ3v) is 5.57. The summed E-state index contributed by atoms with van der Waals surface area (Å²) in [6.07, 6.45) is 2.23. The Morgan fingerprint density at radius 1 is 1.28 bits per heavy atom. The van der Waals surface area contributed by atoms with Crippen molar-refractivity contribution in [3.05, 3.63) is 23.9 Å². The van der Waals surface area contributed by atoms with Gasteiger partial charge in [0.1, 0.15) is 11.4 Å². The Balaban J connectivity index is 1.66. The molecule has 0 bridgehead atoms. The van der Waals surface area contributed by atoms with E-state index in [1.54, 1.807) is 11.1 Å². The standard InChI is InChI=1S/C21H30N4O4/c1-14-13-24(10-11-25(14)19(28)29-20(2,3)4)16-7-6-15(12-22-16)21(5)9-8-17(26)23-18(21)27/h6-7,12,14H,8-11,13H2,1-5H3,(H,23,26,27)/t14-,21+/m1/s1. The molecule has 8 heteroatoms. The molecule has 0 unspecified atom stereocenters. The van der Waals surface area contributed by atoms with Crippen LogP contribution in [0.3, 0.4) is 0 Å². The van der Waals surface area contributed by atoms with Crippen molar-refractivity contribution in [2.75, 3.05) is 24.5 Å². The molecular weight excluding hydrogens is 372 g/mol. The van der Waals surface area contributed by atoms with Gasteiger partial charge in [-0.3, -0.25) is 14.9 Å². The van der Waals surface area contributed by atoms with E-state index in [0.717, 1.165) is 11.4 Å². The molecule has 1 aromatic rings. The number of nitrogens with zero attached hydrogens (tertiary/aromatic N) is 3. The van der Waals surface area contributed by atoms with E-state index < -0.39 is 11.0 Å². The second-order valence-corrected chi connectivity index (χ2v) is 9.08. The van der Waals surface area contributed by atoms with Gasteiger partial charge in [-0.15, -0.1) is 0 Å². The van der Waals surface area contributed by atoms with E-state index in [1.165, 1.54) is 0 Å². The van der Waals surface area contributed by atoms with Crippen LogP contribution in [0.4, 0.5) is 10.6 Å². The highest BCUT2D eigenvalue weighted by Crippen LogP contribution is 2.32. The maximum absolute atomic E-state index is 12.4. The van der Waals surface area contributed by atoms with Crippen molar-refractivity contribution >= 4 is 23.7 Å². The van der Waals surface area contributed by atoms with Gasteiger partial charge in [0.25, 0.3) is 0 Å². The van der Waals surface area contributed by atoms with Crippen LogP contribution in [0.15, 0.2) is 18.3 Å². The summed E-state index contributed by atoms with van der Waals surface area (Å²) >= 11 is 0. The van der Waals surface area contributed by atoms with Gasteiger partial charge in [-0.2, -0.15) is 0 Å². The number of hydrogen-bond donors (Lipinski definition) is 1. The lowest BCUT2D eigenvalue weighted by Gasteiger charge is -2.40. The maximum Gasteiger partial charge on any atom is 0.410 e. The third-order valence-electron chi connectivity index (χ3n) is 5.57. The Labute approximate surface area is 171 Å². The Hall–Kier alpha value is -2.64. The van der Waals surface area contributed by atoms with Crippen LogP contribution in [0, 0.1) is 0 Å². The summed E-state index contributed by atoms with van der Waals surface area (Å²) in [7, 11) is 0. The Bertz CT molecular complexity index is 802. The molecule has 3 amide bonds. The minimum atomic E-state index is -0.748. The fraction of sp³-hybridized carbons (Fsp3) is 0.619. The van der Waals surface area contributed by atoms with Crippen LogP contribution in [0.2, 0.25) is 0 Å². The normalized spacial score (nSPS) is 25.6. The molecule has 1 N–H and O–H groups in total. The van der Waals surface area contributed by atoms with Crippen LogP contribution in [-0.2, 0) is 19.7 Å². The lowest BCUT2D eigenvalue weighted by molar-refractivity contribution is -0.137. The zero-order valence-corrected chi connectivity index (χ0v) is 17.8. The minimum absolute atomic E-state index is 0.00673. The molecule has 2 saturated heterocycles. The summed E-state index contributed by atoms with van der Waals surface area (Å²) in [5.74, 6) is 0.303. The maximum atomic E-state index is 12.4. The first-order valence-electron chi connectivity index (χ1n) is 10.0. The lowest BCUT2D eigenvalue weighted by atomic mass is 9.76. The van der Waals surface area contributed by atoms with Gasteiger partial charge in [0, 0.05) is 38.3 Å². The van der Waals surface area contributed by atoms with Crippen molar-refractivity contribution in [1.29, 1.82) is 0 Å². The molecule has 0 saturated carbocycles. The number of hydrogen-bond acceptors (Lipinski definition) is 6. The molecule has 3 heterocycles. The summed E-state index contributed by atoms with van der Waals surface area (Å²) < 4.78 is 5.49. The quantitative estimate of drug-likeness (QED) is 0.763. The molecule has 0 aliphatic carbocycles. The Morgan fingerprint density at radius 3 is 2.55 bits per heavy atom. The molecule has 1 aromatic heterocycles. The number of aromatic nitrogens is 1. The number of piperidine rings is 1. The summed E-state index contributed by atoms with van der Waals surface area (Å²) in [4.78, 5) is 44.6. The molecule has 2 aliphatic rings. The number of carbonyl (C=O) groups excluding carboxylic acids is 3. The summed E-state index contributed by atoms with van der Waals surface area (Å²) in [5, 5.41) is 2.42. The number of pyridine rings is 1. The van der Waals surface area contributed by atoms with Crippen molar-refractivity contribution in [1.82, 2.24) is 15.2 Å². The van der Waals surface area contributed by atoms with E-state index in [9.17, 15) is 14.4 Å². The predicted molar refractivity (Wildman–Crippen MR) is 109 cm³/mol. The Kier molecular flexibility index (Phi) is 5.56. The number of anilines is 1.